The molecule has 0 saturated carbocycles. The Labute approximate surface area is 151 Å². The fraction of sp³-hybridized carbons (Fsp3) is 0.474. The highest BCUT2D eigenvalue weighted by atomic mass is 16.5. The van der Waals surface area contributed by atoms with Gasteiger partial charge < -0.3 is 14.2 Å². The Morgan fingerprint density at radius 3 is 2.62 bits per heavy atom. The maximum Gasteiger partial charge on any atom is 0.338 e. The van der Waals surface area contributed by atoms with Crippen molar-refractivity contribution in [3.05, 3.63) is 39.8 Å². The molecule has 0 N–H and O–H groups in total. The van der Waals surface area contributed by atoms with Gasteiger partial charge in [0.1, 0.15) is 5.69 Å². The number of likely N-dealkylation sites (tertiary alicyclic amines) is 1. The van der Waals surface area contributed by atoms with Crippen molar-refractivity contribution in [2.45, 2.75) is 46.3 Å². The summed E-state index contributed by atoms with van der Waals surface area (Å²) in [7, 11) is 0. The Balaban J connectivity index is 1.83. The van der Waals surface area contributed by atoms with Gasteiger partial charge in [0.05, 0.1) is 16.6 Å². The predicted molar refractivity (Wildman–Crippen MR) is 97.1 cm³/mol. The highest BCUT2D eigenvalue weighted by Gasteiger charge is 2.26. The van der Waals surface area contributed by atoms with Crippen LogP contribution in [-0.4, -0.2) is 45.5 Å². The zero-order valence-electron chi connectivity index (χ0n) is 15.3. The number of fused-ring (bicyclic) bond motifs is 1. The van der Waals surface area contributed by atoms with Crippen LogP contribution in [0.25, 0.3) is 11.0 Å². The van der Waals surface area contributed by atoms with E-state index in [-0.39, 0.29) is 11.5 Å². The molecule has 0 spiro atoms. The second kappa shape index (κ2) is 7.27. The summed E-state index contributed by atoms with van der Waals surface area (Å²) in [5, 5.41) is 0. The van der Waals surface area contributed by atoms with Crippen LogP contribution in [0.4, 0.5) is 0 Å². The number of hydrogen-bond acceptors (Lipinski definition) is 5. The summed E-state index contributed by atoms with van der Waals surface area (Å²) < 4.78 is 6.96. The number of rotatable bonds is 4. The van der Waals surface area contributed by atoms with Crippen molar-refractivity contribution >= 4 is 22.9 Å². The highest BCUT2D eigenvalue weighted by molar-refractivity contribution is 5.95. The van der Waals surface area contributed by atoms with Crippen molar-refractivity contribution < 1.29 is 14.3 Å². The number of aryl methyl sites for hydroxylation is 2. The Morgan fingerprint density at radius 1 is 1.27 bits per heavy atom. The van der Waals surface area contributed by atoms with Gasteiger partial charge in [0.2, 0.25) is 0 Å². The first kappa shape index (κ1) is 18.1. The minimum Gasteiger partial charge on any atom is -0.449 e. The molecule has 1 aliphatic rings. The minimum absolute atomic E-state index is 0.139. The fourth-order valence-electron chi connectivity index (χ4n) is 3.29. The van der Waals surface area contributed by atoms with Gasteiger partial charge in [-0.25, -0.2) is 9.78 Å². The molecule has 0 radical (unpaired) electrons. The molecule has 2 aromatic rings. The number of amides is 1. The molecule has 1 fully saturated rings. The van der Waals surface area contributed by atoms with Crippen LogP contribution in [0.2, 0.25) is 0 Å². The van der Waals surface area contributed by atoms with E-state index in [4.69, 9.17) is 4.74 Å². The standard InChI is InChI=1S/C19H23N3O4/c1-4-22-16-8-7-14(11-15(16)20-12(2)17(22)23)19(25)26-13(3)18(24)21-9-5-6-10-21/h7-8,11,13H,4-6,9-10H2,1-3H3/t13-/m0/s1. The average Bonchev–Trinajstić information content (AvgIpc) is 3.16. The second-order valence-electron chi connectivity index (χ2n) is 6.53. The van der Waals surface area contributed by atoms with Crippen molar-refractivity contribution in [3.63, 3.8) is 0 Å². The Hall–Kier alpha value is -2.70. The summed E-state index contributed by atoms with van der Waals surface area (Å²) in [4.78, 5) is 42.9. The SMILES string of the molecule is CCn1c(=O)c(C)nc2cc(C(=O)O[C@@H](C)C(=O)N3CCCC3)ccc21. The first-order valence-corrected chi connectivity index (χ1v) is 8.93. The van der Waals surface area contributed by atoms with Crippen LogP contribution in [0.15, 0.2) is 23.0 Å². The summed E-state index contributed by atoms with van der Waals surface area (Å²) in [6, 6.07) is 4.89. The number of nitrogens with zero attached hydrogens (tertiary/aromatic N) is 3. The third-order valence-electron chi connectivity index (χ3n) is 4.71. The molecule has 1 aromatic heterocycles. The Kier molecular flexibility index (Phi) is 5.06. The lowest BCUT2D eigenvalue weighted by atomic mass is 10.2. The van der Waals surface area contributed by atoms with Crippen LogP contribution < -0.4 is 5.56 Å². The van der Waals surface area contributed by atoms with Crippen LogP contribution in [0.3, 0.4) is 0 Å². The van der Waals surface area contributed by atoms with E-state index in [1.807, 2.05) is 6.92 Å². The van der Waals surface area contributed by atoms with Crippen LogP contribution >= 0.6 is 0 Å². The molecule has 26 heavy (non-hydrogen) atoms. The van der Waals surface area contributed by atoms with Gasteiger partial charge >= 0.3 is 5.97 Å². The van der Waals surface area contributed by atoms with E-state index >= 15 is 0 Å². The maximum atomic E-state index is 12.4. The molecule has 1 atom stereocenters. The molecular weight excluding hydrogens is 334 g/mol. The van der Waals surface area contributed by atoms with Crippen molar-refractivity contribution in [2.24, 2.45) is 0 Å². The van der Waals surface area contributed by atoms with E-state index in [9.17, 15) is 14.4 Å². The zero-order chi connectivity index (χ0) is 18.8. The molecule has 138 valence electrons. The quantitative estimate of drug-likeness (QED) is 0.781. The van der Waals surface area contributed by atoms with Gasteiger partial charge in [-0.2, -0.15) is 0 Å². The number of esters is 1. The lowest BCUT2D eigenvalue weighted by Crippen LogP contribution is -2.38. The van der Waals surface area contributed by atoms with E-state index in [1.54, 1.807) is 41.5 Å². The Bertz CT molecular complexity index is 913. The molecule has 1 aliphatic heterocycles. The molecule has 1 aromatic carbocycles. The van der Waals surface area contributed by atoms with E-state index in [2.05, 4.69) is 4.98 Å². The predicted octanol–water partition coefficient (Wildman–Crippen LogP) is 1.89. The number of hydrogen-bond donors (Lipinski definition) is 0. The fourth-order valence-corrected chi connectivity index (χ4v) is 3.29. The average molecular weight is 357 g/mol. The van der Waals surface area contributed by atoms with E-state index in [0.29, 0.717) is 41.9 Å². The molecular formula is C19H23N3O4. The van der Waals surface area contributed by atoms with Crippen LogP contribution in [0.5, 0.6) is 0 Å². The first-order valence-electron chi connectivity index (χ1n) is 8.93. The molecule has 0 bridgehead atoms. The summed E-state index contributed by atoms with van der Waals surface area (Å²) in [6.45, 7) is 7.08. The van der Waals surface area contributed by atoms with Crippen LogP contribution in [0, 0.1) is 6.92 Å². The summed E-state index contributed by atoms with van der Waals surface area (Å²) in [5.74, 6) is -0.730. The third kappa shape index (κ3) is 3.34. The number of ether oxygens (including phenoxy) is 1. The molecule has 7 heteroatoms. The molecule has 0 unspecified atom stereocenters. The van der Waals surface area contributed by atoms with Gasteiger partial charge in [-0.15, -0.1) is 0 Å². The molecule has 2 heterocycles. The van der Waals surface area contributed by atoms with Crippen molar-refractivity contribution in [1.82, 2.24) is 14.5 Å². The summed E-state index contributed by atoms with van der Waals surface area (Å²) in [6.07, 6.45) is 1.15. The topological polar surface area (TPSA) is 81.5 Å². The van der Waals surface area contributed by atoms with E-state index in [0.717, 1.165) is 12.8 Å². The molecule has 3 rings (SSSR count). The second-order valence-corrected chi connectivity index (χ2v) is 6.53. The highest BCUT2D eigenvalue weighted by Crippen LogP contribution is 2.16. The van der Waals surface area contributed by atoms with Crippen molar-refractivity contribution in [3.8, 4) is 0 Å². The molecule has 1 saturated heterocycles. The zero-order valence-corrected chi connectivity index (χ0v) is 15.3. The minimum atomic E-state index is -0.824. The van der Waals surface area contributed by atoms with Gasteiger partial charge in [-0.1, -0.05) is 0 Å². The van der Waals surface area contributed by atoms with Crippen LogP contribution in [0.1, 0.15) is 42.7 Å². The van der Waals surface area contributed by atoms with Gasteiger partial charge in [0.15, 0.2) is 6.10 Å². The molecule has 1 amide bonds. The number of carbonyl (C=O) groups is 2. The number of carbonyl (C=O) groups excluding carboxylic acids is 2. The van der Waals surface area contributed by atoms with Gasteiger partial charge in [-0.05, 0) is 51.8 Å². The van der Waals surface area contributed by atoms with Gasteiger partial charge in [-0.3, -0.25) is 9.59 Å². The monoisotopic (exact) mass is 357 g/mol. The molecule has 7 nitrogen and oxygen atoms in total. The van der Waals surface area contributed by atoms with E-state index in [1.165, 1.54) is 0 Å². The van der Waals surface area contributed by atoms with Gasteiger partial charge in [0, 0.05) is 19.6 Å². The number of benzene rings is 1. The lowest BCUT2D eigenvalue weighted by molar-refractivity contribution is -0.138. The maximum absolute atomic E-state index is 12.4. The lowest BCUT2D eigenvalue weighted by Gasteiger charge is -2.20. The van der Waals surface area contributed by atoms with Crippen LogP contribution in [-0.2, 0) is 16.1 Å². The van der Waals surface area contributed by atoms with E-state index < -0.39 is 12.1 Å². The largest absolute Gasteiger partial charge is 0.449 e. The summed E-state index contributed by atoms with van der Waals surface area (Å²) >= 11 is 0. The third-order valence-corrected chi connectivity index (χ3v) is 4.71. The Morgan fingerprint density at radius 2 is 1.96 bits per heavy atom. The number of aromatic nitrogens is 2. The van der Waals surface area contributed by atoms with Crippen molar-refractivity contribution in [1.29, 1.82) is 0 Å². The first-order chi connectivity index (χ1) is 12.4. The summed E-state index contributed by atoms with van der Waals surface area (Å²) in [5.41, 5.74) is 1.77. The van der Waals surface area contributed by atoms with Crippen molar-refractivity contribution in [2.75, 3.05) is 13.1 Å². The normalized spacial score (nSPS) is 15.3. The smallest absolute Gasteiger partial charge is 0.338 e. The molecule has 0 aliphatic carbocycles. The van der Waals surface area contributed by atoms with Gasteiger partial charge in [0.25, 0.3) is 11.5 Å².